The highest BCUT2D eigenvalue weighted by Crippen LogP contribution is 2.41. The van der Waals surface area contributed by atoms with Crippen LogP contribution in [-0.2, 0) is 22.7 Å². The topological polar surface area (TPSA) is 89.2 Å². The number of benzene rings is 3. The van der Waals surface area contributed by atoms with Crippen LogP contribution in [0.25, 0.3) is 5.76 Å². The van der Waals surface area contributed by atoms with Crippen molar-refractivity contribution in [3.8, 4) is 11.5 Å². The number of carbonyl (C=O) groups excluding carboxylic acids is 2. The Morgan fingerprint density at radius 2 is 1.57 bits per heavy atom. The maximum Gasteiger partial charge on any atom is 0.296 e. The Bertz CT molecular complexity index is 1460. The van der Waals surface area contributed by atoms with Crippen molar-refractivity contribution in [3.63, 3.8) is 0 Å². The Morgan fingerprint density at radius 3 is 2.25 bits per heavy atom. The molecular formula is C33H31NO6. The molecule has 1 atom stereocenters. The third kappa shape index (κ3) is 5.94. The molecule has 0 aliphatic carbocycles. The number of rotatable bonds is 11. The molecule has 5 rings (SSSR count). The minimum Gasteiger partial charge on any atom is -0.507 e. The second kappa shape index (κ2) is 12.4. The molecule has 4 aromatic rings. The normalized spacial score (nSPS) is 16.3. The molecule has 40 heavy (non-hydrogen) atoms. The lowest BCUT2D eigenvalue weighted by molar-refractivity contribution is -0.140. The quantitative estimate of drug-likeness (QED) is 0.0996. The molecule has 0 saturated carbocycles. The monoisotopic (exact) mass is 537 g/mol. The van der Waals surface area contributed by atoms with Crippen molar-refractivity contribution in [1.29, 1.82) is 0 Å². The summed E-state index contributed by atoms with van der Waals surface area (Å²) in [6.45, 7) is 3.18. The lowest BCUT2D eigenvalue weighted by atomic mass is 9.95. The van der Waals surface area contributed by atoms with E-state index in [0.717, 1.165) is 18.4 Å². The van der Waals surface area contributed by atoms with Crippen LogP contribution in [0.2, 0.25) is 0 Å². The molecule has 7 heteroatoms. The van der Waals surface area contributed by atoms with Crippen LogP contribution in [-0.4, -0.2) is 28.3 Å². The lowest BCUT2D eigenvalue weighted by Crippen LogP contribution is -2.29. The second-order valence-electron chi connectivity index (χ2n) is 9.58. The number of hydrogen-bond donors (Lipinski definition) is 1. The summed E-state index contributed by atoms with van der Waals surface area (Å²) >= 11 is 0. The fourth-order valence-corrected chi connectivity index (χ4v) is 4.65. The largest absolute Gasteiger partial charge is 0.507 e. The first-order valence-electron chi connectivity index (χ1n) is 13.4. The summed E-state index contributed by atoms with van der Waals surface area (Å²) in [6, 6.07) is 26.6. The van der Waals surface area contributed by atoms with Crippen LogP contribution in [0.3, 0.4) is 0 Å². The minimum absolute atomic E-state index is 0.0224. The average Bonchev–Trinajstić information content (AvgIpc) is 3.59. The van der Waals surface area contributed by atoms with E-state index in [1.165, 1.54) is 11.2 Å². The molecule has 1 saturated heterocycles. The molecule has 1 amide bonds. The van der Waals surface area contributed by atoms with E-state index >= 15 is 0 Å². The van der Waals surface area contributed by atoms with Gasteiger partial charge in [0, 0.05) is 5.56 Å². The number of ketones is 1. The van der Waals surface area contributed by atoms with Gasteiger partial charge in [-0.3, -0.25) is 9.59 Å². The van der Waals surface area contributed by atoms with Gasteiger partial charge in [-0.15, -0.1) is 0 Å². The molecule has 0 radical (unpaired) electrons. The zero-order valence-corrected chi connectivity index (χ0v) is 22.3. The Kier molecular flexibility index (Phi) is 8.30. The molecule has 7 nitrogen and oxygen atoms in total. The molecule has 0 bridgehead atoms. The van der Waals surface area contributed by atoms with Gasteiger partial charge in [-0.05, 0) is 66.1 Å². The van der Waals surface area contributed by atoms with Gasteiger partial charge >= 0.3 is 0 Å². The molecular weight excluding hydrogens is 506 g/mol. The minimum atomic E-state index is -0.811. The number of hydrogen-bond acceptors (Lipinski definition) is 6. The van der Waals surface area contributed by atoms with Crippen LogP contribution >= 0.6 is 0 Å². The van der Waals surface area contributed by atoms with Gasteiger partial charge in [0.25, 0.3) is 11.7 Å². The molecule has 1 aromatic heterocycles. The summed E-state index contributed by atoms with van der Waals surface area (Å²) in [4.78, 5) is 28.0. The van der Waals surface area contributed by atoms with E-state index in [4.69, 9.17) is 13.9 Å². The van der Waals surface area contributed by atoms with Gasteiger partial charge in [-0.25, -0.2) is 0 Å². The fourth-order valence-electron chi connectivity index (χ4n) is 4.65. The first kappa shape index (κ1) is 26.8. The number of unbranched alkanes of at least 4 members (excludes halogenated alkanes) is 1. The number of likely N-dealkylation sites (tertiary alicyclic amines) is 1. The van der Waals surface area contributed by atoms with Crippen LogP contribution in [0.5, 0.6) is 11.5 Å². The number of Topliss-reactive ketones (excluding diaryl/α,β-unsaturated/α-hetero) is 1. The van der Waals surface area contributed by atoms with Crippen molar-refractivity contribution in [2.75, 3.05) is 6.61 Å². The summed E-state index contributed by atoms with van der Waals surface area (Å²) in [6.07, 6.45) is 3.48. The van der Waals surface area contributed by atoms with Gasteiger partial charge in [-0.2, -0.15) is 0 Å². The molecule has 3 aromatic carbocycles. The van der Waals surface area contributed by atoms with E-state index in [9.17, 15) is 14.7 Å². The molecule has 1 N–H and O–H groups in total. The lowest BCUT2D eigenvalue weighted by Gasteiger charge is -2.24. The highest BCUT2D eigenvalue weighted by molar-refractivity contribution is 6.46. The molecule has 1 aliphatic rings. The number of amides is 1. The third-order valence-electron chi connectivity index (χ3n) is 6.78. The van der Waals surface area contributed by atoms with Gasteiger partial charge in [0.05, 0.1) is 31.0 Å². The van der Waals surface area contributed by atoms with Crippen molar-refractivity contribution < 1.29 is 28.6 Å². The zero-order valence-electron chi connectivity index (χ0n) is 22.3. The standard InChI is InChI=1S/C33H31NO6/c1-2-3-19-38-26-17-13-25(14-18-26)31(35)29-30(34(33(37)32(29)36)21-28-10-7-20-39-28)24-11-15-27(16-12-24)40-22-23-8-5-4-6-9-23/h4-18,20,30,35H,2-3,19,21-22H2,1H3. The van der Waals surface area contributed by atoms with Gasteiger partial charge in [-0.1, -0.05) is 55.8 Å². The summed E-state index contributed by atoms with van der Waals surface area (Å²) in [5.74, 6) is 0.159. The van der Waals surface area contributed by atoms with Crippen molar-refractivity contribution >= 4 is 17.4 Å². The van der Waals surface area contributed by atoms with E-state index in [1.807, 2.05) is 42.5 Å². The second-order valence-corrected chi connectivity index (χ2v) is 9.58. The molecule has 2 heterocycles. The number of aliphatic hydroxyl groups excluding tert-OH is 1. The zero-order chi connectivity index (χ0) is 27.9. The predicted molar refractivity (Wildman–Crippen MR) is 151 cm³/mol. The van der Waals surface area contributed by atoms with E-state index in [2.05, 4.69) is 6.92 Å². The van der Waals surface area contributed by atoms with Gasteiger partial charge in [0.15, 0.2) is 0 Å². The summed E-state index contributed by atoms with van der Waals surface area (Å²) < 4.78 is 17.1. The number of nitrogens with zero attached hydrogens (tertiary/aromatic N) is 1. The van der Waals surface area contributed by atoms with E-state index in [1.54, 1.807) is 48.5 Å². The fraction of sp³-hybridized carbons (Fsp3) is 0.212. The van der Waals surface area contributed by atoms with E-state index < -0.39 is 17.7 Å². The van der Waals surface area contributed by atoms with Crippen LogP contribution in [0.15, 0.2) is 107 Å². The van der Waals surface area contributed by atoms with Gasteiger partial charge in [0.1, 0.15) is 29.6 Å². The first-order valence-corrected chi connectivity index (χ1v) is 13.4. The van der Waals surface area contributed by atoms with Crippen LogP contribution < -0.4 is 9.47 Å². The molecule has 1 fully saturated rings. The maximum atomic E-state index is 13.3. The SMILES string of the molecule is CCCCOc1ccc(C(O)=C2C(=O)C(=O)N(Cc3ccco3)C2c2ccc(OCc3ccccc3)cc2)cc1. The van der Waals surface area contributed by atoms with Crippen molar-refractivity contribution in [1.82, 2.24) is 4.90 Å². The number of ether oxygens (including phenoxy) is 2. The maximum absolute atomic E-state index is 13.3. The Hall–Kier alpha value is -4.78. The van der Waals surface area contributed by atoms with Crippen molar-refractivity contribution in [2.45, 2.75) is 39.0 Å². The highest BCUT2D eigenvalue weighted by Gasteiger charge is 2.46. The van der Waals surface area contributed by atoms with Crippen molar-refractivity contribution in [2.24, 2.45) is 0 Å². The van der Waals surface area contributed by atoms with Gasteiger partial charge in [0.2, 0.25) is 0 Å². The van der Waals surface area contributed by atoms with Gasteiger partial charge < -0.3 is 23.9 Å². The third-order valence-corrected chi connectivity index (χ3v) is 6.78. The van der Waals surface area contributed by atoms with Crippen molar-refractivity contribution in [3.05, 3.63) is 125 Å². The molecule has 204 valence electrons. The molecule has 1 aliphatic heterocycles. The highest BCUT2D eigenvalue weighted by atomic mass is 16.5. The summed E-state index contributed by atoms with van der Waals surface area (Å²) in [5.41, 5.74) is 2.15. The predicted octanol–water partition coefficient (Wildman–Crippen LogP) is 6.66. The van der Waals surface area contributed by atoms with E-state index in [0.29, 0.717) is 41.6 Å². The molecule has 0 spiro atoms. The average molecular weight is 538 g/mol. The first-order chi connectivity index (χ1) is 19.5. The van der Waals surface area contributed by atoms with Crippen LogP contribution in [0.4, 0.5) is 0 Å². The Balaban J connectivity index is 1.45. The van der Waals surface area contributed by atoms with Crippen LogP contribution in [0.1, 0.15) is 48.3 Å². The Morgan fingerprint density at radius 1 is 0.875 bits per heavy atom. The number of carbonyl (C=O) groups is 2. The van der Waals surface area contributed by atoms with E-state index in [-0.39, 0.29) is 17.9 Å². The molecule has 1 unspecified atom stereocenters. The summed E-state index contributed by atoms with van der Waals surface area (Å²) in [7, 11) is 0. The summed E-state index contributed by atoms with van der Waals surface area (Å²) in [5, 5.41) is 11.3. The van der Waals surface area contributed by atoms with Crippen LogP contribution in [0, 0.1) is 0 Å². The smallest absolute Gasteiger partial charge is 0.296 e. The Labute approximate surface area is 233 Å². The number of furan rings is 1. The number of aliphatic hydroxyl groups is 1.